The molecule has 0 aromatic rings. The van der Waals surface area contributed by atoms with Crippen molar-refractivity contribution in [3.05, 3.63) is 12.2 Å². The highest BCUT2D eigenvalue weighted by Crippen LogP contribution is 1.99. The number of nitrogens with zero attached hydrogens (tertiary/aromatic N) is 2. The molecule has 124 valence electrons. The smallest absolute Gasteiger partial charge is 0.331 e. The van der Waals surface area contributed by atoms with E-state index in [2.05, 4.69) is 0 Å². The molecule has 0 bridgehead atoms. The number of hydrogen-bond acceptors (Lipinski definition) is 6. The number of amides is 2. The molecule has 0 rings (SSSR count). The highest BCUT2D eigenvalue weighted by Gasteiger charge is 2.20. The van der Waals surface area contributed by atoms with Gasteiger partial charge >= 0.3 is 11.9 Å². The van der Waals surface area contributed by atoms with Crippen LogP contribution in [0.1, 0.15) is 13.8 Å². The van der Waals surface area contributed by atoms with Gasteiger partial charge in [0.05, 0.1) is 0 Å². The van der Waals surface area contributed by atoms with Gasteiger partial charge in [-0.1, -0.05) is 0 Å². The van der Waals surface area contributed by atoms with E-state index in [0.717, 1.165) is 12.2 Å². The maximum atomic E-state index is 11.5. The van der Waals surface area contributed by atoms with Gasteiger partial charge in [-0.15, -0.1) is 0 Å². The first-order valence-electron chi connectivity index (χ1n) is 6.57. The predicted octanol–water partition coefficient (Wildman–Crippen LogP) is -0.418. The fourth-order valence-corrected chi connectivity index (χ4v) is 1.39. The normalized spacial score (nSPS) is 13.2. The van der Waals surface area contributed by atoms with E-state index < -0.39 is 24.1 Å². The first kappa shape index (κ1) is 19.6. The van der Waals surface area contributed by atoms with Crippen LogP contribution in [0, 0.1) is 0 Å². The molecule has 0 unspecified atom stereocenters. The van der Waals surface area contributed by atoms with Crippen LogP contribution in [-0.4, -0.2) is 74.0 Å². The molecular formula is C14H22N2O6. The quantitative estimate of drug-likeness (QED) is 0.488. The van der Waals surface area contributed by atoms with E-state index in [9.17, 15) is 19.2 Å². The Morgan fingerprint density at radius 3 is 1.23 bits per heavy atom. The second-order valence-corrected chi connectivity index (χ2v) is 4.96. The number of carbonyl (C=O) groups excluding carboxylic acids is 4. The summed E-state index contributed by atoms with van der Waals surface area (Å²) in [6.07, 6.45) is -0.238. The SMILES string of the molecule is C[C@@H](OC(=O)/C=C/C(=O)O[C@H](C)C(=O)N(C)C)C(=O)N(C)C. The van der Waals surface area contributed by atoms with Crippen LogP contribution in [-0.2, 0) is 28.7 Å². The molecule has 2 amide bonds. The van der Waals surface area contributed by atoms with Crippen LogP contribution in [0.2, 0.25) is 0 Å². The van der Waals surface area contributed by atoms with Gasteiger partial charge in [-0.3, -0.25) is 9.59 Å². The van der Waals surface area contributed by atoms with E-state index in [1.165, 1.54) is 51.8 Å². The summed E-state index contributed by atoms with van der Waals surface area (Å²) in [6, 6.07) is 0. The third-order valence-corrected chi connectivity index (χ3v) is 2.52. The summed E-state index contributed by atoms with van der Waals surface area (Å²) in [5.41, 5.74) is 0. The van der Waals surface area contributed by atoms with Crippen molar-refractivity contribution in [2.24, 2.45) is 0 Å². The topological polar surface area (TPSA) is 93.2 Å². The number of hydrogen-bond donors (Lipinski definition) is 0. The van der Waals surface area contributed by atoms with Crippen molar-refractivity contribution in [1.29, 1.82) is 0 Å². The van der Waals surface area contributed by atoms with E-state index in [-0.39, 0.29) is 11.8 Å². The van der Waals surface area contributed by atoms with Crippen LogP contribution in [0.4, 0.5) is 0 Å². The zero-order valence-corrected chi connectivity index (χ0v) is 13.7. The Morgan fingerprint density at radius 2 is 1.00 bits per heavy atom. The van der Waals surface area contributed by atoms with Gasteiger partial charge in [0.25, 0.3) is 11.8 Å². The minimum absolute atomic E-state index is 0.380. The Balaban J connectivity index is 4.41. The molecule has 22 heavy (non-hydrogen) atoms. The lowest BCUT2D eigenvalue weighted by atomic mass is 10.3. The highest BCUT2D eigenvalue weighted by atomic mass is 16.6. The summed E-state index contributed by atoms with van der Waals surface area (Å²) in [4.78, 5) is 48.4. The number of rotatable bonds is 6. The molecule has 0 aliphatic rings. The van der Waals surface area contributed by atoms with Crippen LogP contribution >= 0.6 is 0 Å². The highest BCUT2D eigenvalue weighted by molar-refractivity contribution is 5.94. The van der Waals surface area contributed by atoms with Crippen LogP contribution < -0.4 is 0 Å². The third kappa shape index (κ3) is 6.87. The number of carbonyl (C=O) groups is 4. The molecule has 2 atom stereocenters. The molecule has 0 saturated heterocycles. The van der Waals surface area contributed by atoms with Crippen molar-refractivity contribution in [2.45, 2.75) is 26.1 Å². The molecule has 0 aliphatic heterocycles. The fraction of sp³-hybridized carbons (Fsp3) is 0.571. The van der Waals surface area contributed by atoms with Crippen molar-refractivity contribution < 1.29 is 28.7 Å². The van der Waals surface area contributed by atoms with Crippen molar-refractivity contribution in [2.75, 3.05) is 28.2 Å². The van der Waals surface area contributed by atoms with Gasteiger partial charge in [0.2, 0.25) is 0 Å². The second kappa shape index (κ2) is 8.81. The van der Waals surface area contributed by atoms with Crippen molar-refractivity contribution >= 4 is 23.8 Å². The zero-order valence-electron chi connectivity index (χ0n) is 13.7. The molecule has 8 heteroatoms. The third-order valence-electron chi connectivity index (χ3n) is 2.52. The molecule has 0 N–H and O–H groups in total. The molecule has 0 spiro atoms. The van der Waals surface area contributed by atoms with E-state index in [0.29, 0.717) is 0 Å². The largest absolute Gasteiger partial charge is 0.449 e. The summed E-state index contributed by atoms with van der Waals surface area (Å²) in [5.74, 6) is -2.47. The van der Waals surface area contributed by atoms with Crippen LogP contribution in [0.3, 0.4) is 0 Å². The van der Waals surface area contributed by atoms with Crippen LogP contribution in [0.15, 0.2) is 12.2 Å². The van der Waals surface area contributed by atoms with Gasteiger partial charge < -0.3 is 19.3 Å². The standard InChI is InChI=1S/C14H22N2O6/c1-9(13(19)15(3)4)21-11(17)7-8-12(18)22-10(2)14(20)16(5)6/h7-10H,1-6H3/b8-7+/t9-,10-/m1/s1. The molecule has 0 heterocycles. The predicted molar refractivity (Wildman–Crippen MR) is 77.6 cm³/mol. The Bertz CT molecular complexity index is 428. The average Bonchev–Trinajstić information content (AvgIpc) is 2.42. The first-order chi connectivity index (χ1) is 10.1. The summed E-state index contributed by atoms with van der Waals surface area (Å²) in [6.45, 7) is 2.84. The average molecular weight is 314 g/mol. The lowest BCUT2D eigenvalue weighted by Crippen LogP contribution is -2.35. The molecular weight excluding hydrogens is 292 g/mol. The van der Waals surface area contributed by atoms with Crippen LogP contribution in [0.25, 0.3) is 0 Å². The van der Waals surface area contributed by atoms with E-state index in [1.54, 1.807) is 0 Å². The maximum Gasteiger partial charge on any atom is 0.331 e. The van der Waals surface area contributed by atoms with Gasteiger partial charge in [-0.25, -0.2) is 9.59 Å². The van der Waals surface area contributed by atoms with E-state index in [4.69, 9.17) is 9.47 Å². The molecule has 0 saturated carbocycles. The van der Waals surface area contributed by atoms with Crippen LogP contribution in [0.5, 0.6) is 0 Å². The minimum atomic E-state index is -0.961. The minimum Gasteiger partial charge on any atom is -0.449 e. The van der Waals surface area contributed by atoms with Gasteiger partial charge in [0, 0.05) is 40.3 Å². The van der Waals surface area contributed by atoms with E-state index >= 15 is 0 Å². The maximum absolute atomic E-state index is 11.5. The first-order valence-corrected chi connectivity index (χ1v) is 6.57. The second-order valence-electron chi connectivity index (χ2n) is 4.96. The van der Waals surface area contributed by atoms with Crippen molar-refractivity contribution in [1.82, 2.24) is 9.80 Å². The fourth-order valence-electron chi connectivity index (χ4n) is 1.39. The van der Waals surface area contributed by atoms with Gasteiger partial charge in [0.1, 0.15) is 0 Å². The summed E-state index contributed by atoms with van der Waals surface area (Å²) in [7, 11) is 6.12. The Kier molecular flexibility index (Phi) is 7.85. The molecule has 0 aromatic heterocycles. The molecule has 0 aromatic carbocycles. The van der Waals surface area contributed by atoms with E-state index in [1.807, 2.05) is 0 Å². The Labute approximate surface area is 129 Å². The Hall–Kier alpha value is -2.38. The van der Waals surface area contributed by atoms with Gasteiger partial charge in [0.15, 0.2) is 12.2 Å². The number of esters is 2. The molecule has 0 fully saturated rings. The van der Waals surface area contributed by atoms with Crippen molar-refractivity contribution in [3.8, 4) is 0 Å². The summed E-state index contributed by atoms with van der Waals surface area (Å²) >= 11 is 0. The summed E-state index contributed by atoms with van der Waals surface area (Å²) in [5, 5.41) is 0. The Morgan fingerprint density at radius 1 is 0.727 bits per heavy atom. The van der Waals surface area contributed by atoms with Crippen molar-refractivity contribution in [3.63, 3.8) is 0 Å². The lowest BCUT2D eigenvalue weighted by Gasteiger charge is -2.16. The molecule has 0 radical (unpaired) electrons. The lowest BCUT2D eigenvalue weighted by molar-refractivity contribution is -0.155. The molecule has 8 nitrogen and oxygen atoms in total. The number of ether oxygens (including phenoxy) is 2. The number of likely N-dealkylation sites (N-methyl/N-ethyl adjacent to an activating group) is 2. The monoisotopic (exact) mass is 314 g/mol. The van der Waals surface area contributed by atoms with Gasteiger partial charge in [-0.05, 0) is 13.8 Å². The summed E-state index contributed by atoms with van der Waals surface area (Å²) < 4.78 is 9.63. The zero-order chi connectivity index (χ0) is 17.4. The van der Waals surface area contributed by atoms with Gasteiger partial charge in [-0.2, -0.15) is 0 Å². The molecule has 0 aliphatic carbocycles.